The van der Waals surface area contributed by atoms with Crippen LogP contribution >= 0.6 is 0 Å². The highest BCUT2D eigenvalue weighted by atomic mass is 16.5. The Hall–Kier alpha value is -1.71. The van der Waals surface area contributed by atoms with Crippen molar-refractivity contribution in [3.05, 3.63) is 29.8 Å². The number of hydrogen-bond donors (Lipinski definition) is 2. The maximum atomic E-state index is 5.08. The van der Waals surface area contributed by atoms with Crippen LogP contribution in [-0.4, -0.2) is 20.0 Å². The van der Waals surface area contributed by atoms with Crippen LogP contribution in [0.25, 0.3) is 0 Å². The molecule has 0 heterocycles. The molecule has 2 N–H and O–H groups in total. The highest BCUT2D eigenvalue weighted by Gasteiger charge is 1.94. The predicted octanol–water partition coefficient (Wildman–Crippen LogP) is 1.34. The first-order valence-electron chi connectivity index (χ1n) is 4.84. The summed E-state index contributed by atoms with van der Waals surface area (Å²) in [5.74, 6) is 1.74. The van der Waals surface area contributed by atoms with E-state index in [4.69, 9.17) is 4.74 Å². The van der Waals surface area contributed by atoms with Gasteiger partial charge in [-0.05, 0) is 24.6 Å². The van der Waals surface area contributed by atoms with E-state index >= 15 is 0 Å². The van der Waals surface area contributed by atoms with Gasteiger partial charge in [0.25, 0.3) is 0 Å². The highest BCUT2D eigenvalue weighted by Crippen LogP contribution is 2.10. The maximum Gasteiger partial charge on any atom is 0.119 e. The zero-order chi connectivity index (χ0) is 11.1. The lowest BCUT2D eigenvalue weighted by molar-refractivity contribution is 0.414. The molecule has 0 fully saturated rings. The molecule has 0 spiro atoms. The van der Waals surface area contributed by atoms with E-state index in [9.17, 15) is 0 Å². The van der Waals surface area contributed by atoms with Crippen LogP contribution < -0.4 is 15.5 Å². The summed E-state index contributed by atoms with van der Waals surface area (Å²) in [6, 6.07) is 7.94. The molecule has 1 aromatic rings. The number of ether oxygens (including phenoxy) is 1. The molecule has 0 saturated heterocycles. The van der Waals surface area contributed by atoms with Gasteiger partial charge >= 0.3 is 0 Å². The Kier molecular flexibility index (Phi) is 4.47. The molecule has 82 valence electrons. The zero-order valence-electron chi connectivity index (χ0n) is 9.37. The molecule has 1 aromatic carbocycles. The molecule has 4 nitrogen and oxygen atoms in total. The summed E-state index contributed by atoms with van der Waals surface area (Å²) in [4.78, 5) is 0. The minimum atomic E-state index is 0.765. The van der Waals surface area contributed by atoms with Crippen molar-refractivity contribution in [2.45, 2.75) is 13.5 Å². The van der Waals surface area contributed by atoms with Crippen LogP contribution in [0.5, 0.6) is 5.75 Å². The SMILES string of the molecule is CN/N=C(\C)NCc1ccc(OC)cc1. The van der Waals surface area contributed by atoms with E-state index in [0.717, 1.165) is 18.1 Å². The van der Waals surface area contributed by atoms with Crippen molar-refractivity contribution < 1.29 is 4.74 Å². The monoisotopic (exact) mass is 207 g/mol. The minimum Gasteiger partial charge on any atom is -0.497 e. The van der Waals surface area contributed by atoms with Crippen LogP contribution in [0.2, 0.25) is 0 Å². The van der Waals surface area contributed by atoms with Gasteiger partial charge in [-0.2, -0.15) is 5.10 Å². The largest absolute Gasteiger partial charge is 0.497 e. The summed E-state index contributed by atoms with van der Waals surface area (Å²) >= 11 is 0. The molecule has 1 rings (SSSR count). The van der Waals surface area contributed by atoms with Crippen molar-refractivity contribution in [3.63, 3.8) is 0 Å². The van der Waals surface area contributed by atoms with Gasteiger partial charge in [0, 0.05) is 13.6 Å². The van der Waals surface area contributed by atoms with Gasteiger partial charge in [-0.1, -0.05) is 12.1 Å². The van der Waals surface area contributed by atoms with Crippen LogP contribution in [-0.2, 0) is 6.54 Å². The molecule has 0 amide bonds. The van der Waals surface area contributed by atoms with Gasteiger partial charge in [0.2, 0.25) is 0 Å². The average Bonchev–Trinajstić information content (AvgIpc) is 2.27. The molecule has 0 aliphatic heterocycles. The van der Waals surface area contributed by atoms with Crippen LogP contribution in [0.1, 0.15) is 12.5 Å². The topological polar surface area (TPSA) is 45.7 Å². The molecular weight excluding hydrogens is 190 g/mol. The number of hydrazone groups is 1. The van der Waals surface area contributed by atoms with Crippen LogP contribution in [0.4, 0.5) is 0 Å². The maximum absolute atomic E-state index is 5.08. The summed E-state index contributed by atoms with van der Waals surface area (Å²) in [6.45, 7) is 2.68. The van der Waals surface area contributed by atoms with Crippen molar-refractivity contribution in [1.29, 1.82) is 0 Å². The number of nitrogens with one attached hydrogen (secondary N) is 2. The lowest BCUT2D eigenvalue weighted by Gasteiger charge is -2.06. The van der Waals surface area contributed by atoms with E-state index in [1.807, 2.05) is 31.2 Å². The Bertz CT molecular complexity index is 319. The second-order valence-electron chi connectivity index (χ2n) is 3.12. The third-order valence-electron chi connectivity index (χ3n) is 1.99. The van der Waals surface area contributed by atoms with Crippen LogP contribution in [0, 0.1) is 0 Å². The zero-order valence-corrected chi connectivity index (χ0v) is 9.37. The third-order valence-corrected chi connectivity index (χ3v) is 1.99. The van der Waals surface area contributed by atoms with Gasteiger partial charge in [-0.25, -0.2) is 0 Å². The van der Waals surface area contributed by atoms with E-state index in [-0.39, 0.29) is 0 Å². The normalized spacial score (nSPS) is 11.0. The minimum absolute atomic E-state index is 0.765. The molecule has 0 bridgehead atoms. The standard InChI is InChI=1S/C11H17N3O/c1-9(14-12-2)13-8-10-4-6-11(15-3)7-5-10/h4-7,12H,8H2,1-3H3,(H,13,14). The third kappa shape index (κ3) is 3.89. The first kappa shape index (κ1) is 11.4. The summed E-state index contributed by atoms with van der Waals surface area (Å²) in [5.41, 5.74) is 3.92. The number of amidine groups is 1. The van der Waals surface area contributed by atoms with Crippen LogP contribution in [0.15, 0.2) is 29.4 Å². The molecule has 0 atom stereocenters. The van der Waals surface area contributed by atoms with Crippen molar-refractivity contribution in [2.75, 3.05) is 14.2 Å². The molecule has 0 aliphatic rings. The Balaban J connectivity index is 2.47. The molecule has 15 heavy (non-hydrogen) atoms. The fourth-order valence-electron chi connectivity index (χ4n) is 1.18. The smallest absolute Gasteiger partial charge is 0.119 e. The highest BCUT2D eigenvalue weighted by molar-refractivity contribution is 5.79. The molecule has 0 saturated carbocycles. The second-order valence-corrected chi connectivity index (χ2v) is 3.12. The molecule has 0 aromatic heterocycles. The van der Waals surface area contributed by atoms with Gasteiger partial charge in [0.1, 0.15) is 11.6 Å². The van der Waals surface area contributed by atoms with E-state index in [1.54, 1.807) is 14.2 Å². The van der Waals surface area contributed by atoms with Crippen molar-refractivity contribution in [1.82, 2.24) is 10.7 Å². The molecule has 0 radical (unpaired) electrons. The lowest BCUT2D eigenvalue weighted by Crippen LogP contribution is -2.21. The fraction of sp³-hybridized carbons (Fsp3) is 0.364. The van der Waals surface area contributed by atoms with Gasteiger partial charge in [0.05, 0.1) is 7.11 Å². The summed E-state index contributed by atoms with van der Waals surface area (Å²) < 4.78 is 5.08. The van der Waals surface area contributed by atoms with E-state index in [2.05, 4.69) is 15.8 Å². The average molecular weight is 207 g/mol. The number of hydrogen-bond acceptors (Lipinski definition) is 3. The summed E-state index contributed by atoms with van der Waals surface area (Å²) in [5, 5.41) is 7.19. The van der Waals surface area contributed by atoms with E-state index in [1.165, 1.54) is 5.56 Å². The van der Waals surface area contributed by atoms with E-state index < -0.39 is 0 Å². The first-order valence-corrected chi connectivity index (χ1v) is 4.84. The number of rotatable bonds is 4. The molecule has 0 unspecified atom stereocenters. The van der Waals surface area contributed by atoms with Crippen molar-refractivity contribution >= 4 is 5.84 Å². The van der Waals surface area contributed by atoms with Gasteiger partial charge in [-0.15, -0.1) is 0 Å². The van der Waals surface area contributed by atoms with Crippen molar-refractivity contribution in [3.8, 4) is 5.75 Å². The molecule has 4 heteroatoms. The molecule has 0 aliphatic carbocycles. The van der Waals surface area contributed by atoms with E-state index in [0.29, 0.717) is 0 Å². The Morgan fingerprint density at radius 1 is 1.33 bits per heavy atom. The number of nitrogens with zero attached hydrogens (tertiary/aromatic N) is 1. The van der Waals surface area contributed by atoms with Crippen molar-refractivity contribution in [2.24, 2.45) is 5.10 Å². The lowest BCUT2D eigenvalue weighted by atomic mass is 10.2. The van der Waals surface area contributed by atoms with Gasteiger partial charge in [-0.3, -0.25) is 0 Å². The van der Waals surface area contributed by atoms with Gasteiger partial charge < -0.3 is 15.5 Å². The van der Waals surface area contributed by atoms with Gasteiger partial charge in [0.15, 0.2) is 0 Å². The second kappa shape index (κ2) is 5.90. The number of benzene rings is 1. The molecular formula is C11H17N3O. The number of methoxy groups -OCH3 is 1. The predicted molar refractivity (Wildman–Crippen MR) is 62.0 cm³/mol. The summed E-state index contributed by atoms with van der Waals surface area (Å²) in [7, 11) is 3.44. The van der Waals surface area contributed by atoms with Crippen LogP contribution in [0.3, 0.4) is 0 Å². The fourth-order valence-corrected chi connectivity index (χ4v) is 1.18. The Labute approximate surface area is 90.3 Å². The quantitative estimate of drug-likeness (QED) is 0.445. The Morgan fingerprint density at radius 2 is 2.00 bits per heavy atom. The first-order chi connectivity index (χ1) is 7.26. The summed E-state index contributed by atoms with van der Waals surface area (Å²) in [6.07, 6.45) is 0. The Morgan fingerprint density at radius 3 is 2.53 bits per heavy atom.